The third-order valence-electron chi connectivity index (χ3n) is 4.07. The number of nitrogens with zero attached hydrogens (tertiary/aromatic N) is 1. The first-order valence-electron chi connectivity index (χ1n) is 6.97. The third-order valence-corrected chi connectivity index (χ3v) is 4.07. The van der Waals surface area contributed by atoms with E-state index in [1.54, 1.807) is 0 Å². The van der Waals surface area contributed by atoms with Crippen molar-refractivity contribution in [2.45, 2.75) is 19.5 Å². The van der Waals surface area contributed by atoms with Gasteiger partial charge in [0.05, 0.1) is 0 Å². The Labute approximate surface area is 118 Å². The summed E-state index contributed by atoms with van der Waals surface area (Å²) in [4.78, 5) is 17.1. The summed E-state index contributed by atoms with van der Waals surface area (Å²) in [6, 6.07) is 8.04. The molecule has 1 aliphatic heterocycles. The Kier molecular flexibility index (Phi) is 3.46. The number of piperazine rings is 1. The van der Waals surface area contributed by atoms with E-state index in [0.29, 0.717) is 6.54 Å². The molecule has 1 amide bonds. The molecular weight excluding hydrogens is 252 g/mol. The lowest BCUT2D eigenvalue weighted by molar-refractivity contribution is -0.124. The van der Waals surface area contributed by atoms with E-state index in [0.717, 1.165) is 30.8 Å². The number of carbonyl (C=O) groups is 1. The average Bonchev–Trinajstić information content (AvgIpc) is 2.76. The van der Waals surface area contributed by atoms with Gasteiger partial charge in [0, 0.05) is 42.8 Å². The highest BCUT2D eigenvalue weighted by Crippen LogP contribution is 2.24. The molecule has 0 saturated carbocycles. The van der Waals surface area contributed by atoms with Crippen molar-refractivity contribution in [3.8, 4) is 0 Å². The standard InChI is InChI=1S/C15H20N4O/c1-10-12(11-4-2-3-5-13(11)18-10)9-19-7-6-17-8-14(19)15(16)20/h2-5,14,17-18H,6-9H2,1H3,(H2,16,20). The van der Waals surface area contributed by atoms with Crippen LogP contribution in [0.15, 0.2) is 24.3 Å². The summed E-state index contributed by atoms with van der Waals surface area (Å²) in [5, 5.41) is 4.46. The monoisotopic (exact) mass is 272 g/mol. The summed E-state index contributed by atoms with van der Waals surface area (Å²) in [5.41, 5.74) is 9.07. The van der Waals surface area contributed by atoms with Crippen LogP contribution in [0.2, 0.25) is 0 Å². The third kappa shape index (κ3) is 2.30. The first-order valence-corrected chi connectivity index (χ1v) is 6.97. The van der Waals surface area contributed by atoms with Gasteiger partial charge in [0.1, 0.15) is 6.04 Å². The van der Waals surface area contributed by atoms with Crippen molar-refractivity contribution in [3.05, 3.63) is 35.5 Å². The number of nitrogens with two attached hydrogens (primary N) is 1. The van der Waals surface area contributed by atoms with Gasteiger partial charge in [-0.15, -0.1) is 0 Å². The number of primary amides is 1. The fraction of sp³-hybridized carbons (Fsp3) is 0.400. The van der Waals surface area contributed by atoms with E-state index in [1.807, 2.05) is 12.1 Å². The normalized spacial score (nSPS) is 20.4. The number of hydrogen-bond acceptors (Lipinski definition) is 3. The van der Waals surface area contributed by atoms with Gasteiger partial charge in [-0.1, -0.05) is 18.2 Å². The quantitative estimate of drug-likeness (QED) is 0.771. The van der Waals surface area contributed by atoms with Gasteiger partial charge in [-0.2, -0.15) is 0 Å². The minimum absolute atomic E-state index is 0.225. The Hall–Kier alpha value is -1.85. The molecule has 1 unspecified atom stereocenters. The first kappa shape index (κ1) is 13.1. The van der Waals surface area contributed by atoms with E-state index >= 15 is 0 Å². The van der Waals surface area contributed by atoms with Crippen LogP contribution in [0.25, 0.3) is 10.9 Å². The summed E-state index contributed by atoms with van der Waals surface area (Å²) in [6.07, 6.45) is 0. The number of hydrogen-bond donors (Lipinski definition) is 3. The van der Waals surface area contributed by atoms with Gasteiger partial charge in [-0.05, 0) is 18.6 Å². The van der Waals surface area contributed by atoms with Crippen molar-refractivity contribution in [1.82, 2.24) is 15.2 Å². The predicted octanol–water partition coefficient (Wildman–Crippen LogP) is 0.735. The Balaban J connectivity index is 1.92. The number of aromatic amines is 1. The number of benzene rings is 1. The van der Waals surface area contributed by atoms with E-state index < -0.39 is 0 Å². The second kappa shape index (κ2) is 5.26. The molecule has 1 aliphatic rings. The van der Waals surface area contributed by atoms with Gasteiger partial charge in [0.2, 0.25) is 5.91 Å². The zero-order valence-electron chi connectivity index (χ0n) is 11.6. The van der Waals surface area contributed by atoms with Crippen LogP contribution in [0.4, 0.5) is 0 Å². The molecule has 1 fully saturated rings. The number of para-hydroxylation sites is 1. The van der Waals surface area contributed by atoms with Crippen molar-refractivity contribution >= 4 is 16.8 Å². The first-order chi connectivity index (χ1) is 9.66. The van der Waals surface area contributed by atoms with E-state index in [4.69, 9.17) is 5.73 Å². The van der Waals surface area contributed by atoms with Crippen LogP contribution in [0, 0.1) is 6.92 Å². The Morgan fingerprint density at radius 3 is 3.05 bits per heavy atom. The number of fused-ring (bicyclic) bond motifs is 1. The molecule has 4 N–H and O–H groups in total. The van der Waals surface area contributed by atoms with Crippen LogP contribution < -0.4 is 11.1 Å². The highest BCUT2D eigenvalue weighted by molar-refractivity contribution is 5.85. The number of amides is 1. The number of aromatic nitrogens is 1. The molecule has 0 aliphatic carbocycles. The molecule has 2 aromatic rings. The number of rotatable bonds is 3. The molecule has 1 atom stereocenters. The van der Waals surface area contributed by atoms with Gasteiger partial charge >= 0.3 is 0 Å². The number of nitrogens with one attached hydrogen (secondary N) is 2. The van der Waals surface area contributed by atoms with E-state index in [-0.39, 0.29) is 11.9 Å². The fourth-order valence-electron chi connectivity index (χ4n) is 2.96. The molecule has 5 heteroatoms. The van der Waals surface area contributed by atoms with Crippen LogP contribution in [0.1, 0.15) is 11.3 Å². The predicted molar refractivity (Wildman–Crippen MR) is 79.3 cm³/mol. The molecule has 0 radical (unpaired) electrons. The van der Waals surface area contributed by atoms with Crippen LogP contribution >= 0.6 is 0 Å². The van der Waals surface area contributed by atoms with Crippen LogP contribution in [-0.4, -0.2) is 41.5 Å². The molecule has 106 valence electrons. The van der Waals surface area contributed by atoms with Crippen molar-refractivity contribution in [1.29, 1.82) is 0 Å². The number of aryl methyl sites for hydroxylation is 1. The second-order valence-electron chi connectivity index (χ2n) is 5.37. The molecule has 1 aromatic carbocycles. The molecule has 3 rings (SSSR count). The number of H-pyrrole nitrogens is 1. The molecule has 1 saturated heterocycles. The van der Waals surface area contributed by atoms with Crippen molar-refractivity contribution in [2.24, 2.45) is 5.73 Å². The molecule has 20 heavy (non-hydrogen) atoms. The van der Waals surface area contributed by atoms with E-state index in [9.17, 15) is 4.79 Å². The summed E-state index contributed by atoms with van der Waals surface area (Å²) in [5.74, 6) is -0.255. The minimum atomic E-state index is -0.255. The highest BCUT2D eigenvalue weighted by Gasteiger charge is 2.27. The lowest BCUT2D eigenvalue weighted by Crippen LogP contribution is -2.56. The number of carbonyl (C=O) groups excluding carboxylic acids is 1. The molecule has 2 heterocycles. The molecular formula is C15H20N4O. The van der Waals surface area contributed by atoms with Crippen molar-refractivity contribution in [2.75, 3.05) is 19.6 Å². The SMILES string of the molecule is Cc1[nH]c2ccccc2c1CN1CCNCC1C(N)=O. The fourth-order valence-corrected chi connectivity index (χ4v) is 2.96. The van der Waals surface area contributed by atoms with Gasteiger partial charge in [-0.25, -0.2) is 0 Å². The van der Waals surface area contributed by atoms with Crippen LogP contribution in [-0.2, 0) is 11.3 Å². The lowest BCUT2D eigenvalue weighted by Gasteiger charge is -2.34. The average molecular weight is 272 g/mol. The summed E-state index contributed by atoms with van der Waals surface area (Å²) >= 11 is 0. The summed E-state index contributed by atoms with van der Waals surface area (Å²) in [7, 11) is 0. The Bertz CT molecular complexity index is 634. The summed E-state index contributed by atoms with van der Waals surface area (Å²) < 4.78 is 0. The van der Waals surface area contributed by atoms with Crippen LogP contribution in [0.5, 0.6) is 0 Å². The molecule has 0 spiro atoms. The zero-order chi connectivity index (χ0) is 14.1. The van der Waals surface area contributed by atoms with Gasteiger partial charge in [-0.3, -0.25) is 9.69 Å². The Morgan fingerprint density at radius 1 is 1.45 bits per heavy atom. The topological polar surface area (TPSA) is 74.2 Å². The second-order valence-corrected chi connectivity index (χ2v) is 5.37. The van der Waals surface area contributed by atoms with Gasteiger partial charge < -0.3 is 16.0 Å². The van der Waals surface area contributed by atoms with Crippen molar-refractivity contribution < 1.29 is 4.79 Å². The zero-order valence-corrected chi connectivity index (χ0v) is 11.6. The molecule has 5 nitrogen and oxygen atoms in total. The maximum absolute atomic E-state index is 11.6. The molecule has 0 bridgehead atoms. The maximum atomic E-state index is 11.6. The van der Waals surface area contributed by atoms with Gasteiger partial charge in [0.15, 0.2) is 0 Å². The van der Waals surface area contributed by atoms with Crippen molar-refractivity contribution in [3.63, 3.8) is 0 Å². The Morgan fingerprint density at radius 2 is 2.25 bits per heavy atom. The lowest BCUT2D eigenvalue weighted by atomic mass is 10.1. The van der Waals surface area contributed by atoms with E-state index in [1.165, 1.54) is 10.9 Å². The minimum Gasteiger partial charge on any atom is -0.368 e. The molecule has 1 aromatic heterocycles. The van der Waals surface area contributed by atoms with E-state index in [2.05, 4.69) is 34.3 Å². The largest absolute Gasteiger partial charge is 0.368 e. The summed E-state index contributed by atoms with van der Waals surface area (Å²) in [6.45, 7) is 5.20. The maximum Gasteiger partial charge on any atom is 0.236 e. The smallest absolute Gasteiger partial charge is 0.236 e. The van der Waals surface area contributed by atoms with Gasteiger partial charge in [0.25, 0.3) is 0 Å². The van der Waals surface area contributed by atoms with Crippen LogP contribution in [0.3, 0.4) is 0 Å². The highest BCUT2D eigenvalue weighted by atomic mass is 16.1.